The van der Waals surface area contributed by atoms with Gasteiger partial charge in [0.05, 0.1) is 31.5 Å². The summed E-state index contributed by atoms with van der Waals surface area (Å²) < 4.78 is 16.6. The van der Waals surface area contributed by atoms with Gasteiger partial charge in [-0.1, -0.05) is 6.07 Å². The van der Waals surface area contributed by atoms with E-state index in [1.165, 1.54) is 6.08 Å². The first-order chi connectivity index (χ1) is 12.0. The molecule has 0 saturated heterocycles. The van der Waals surface area contributed by atoms with Crippen LogP contribution in [0.3, 0.4) is 0 Å². The first kappa shape index (κ1) is 18.9. The van der Waals surface area contributed by atoms with Crippen molar-refractivity contribution in [2.45, 2.75) is 6.92 Å². The van der Waals surface area contributed by atoms with Crippen LogP contribution >= 0.6 is 15.9 Å². The average molecular weight is 406 g/mol. The highest BCUT2D eigenvalue weighted by molar-refractivity contribution is 9.10. The minimum atomic E-state index is -0.255. The van der Waals surface area contributed by atoms with E-state index in [1.54, 1.807) is 33.5 Å². The molecule has 132 valence electrons. The summed E-state index contributed by atoms with van der Waals surface area (Å²) >= 11 is 3.43. The number of amides is 1. The van der Waals surface area contributed by atoms with E-state index >= 15 is 0 Å². The second kappa shape index (κ2) is 8.58. The summed E-state index contributed by atoms with van der Waals surface area (Å²) in [6.45, 7) is 1.95. The molecule has 5 nitrogen and oxygen atoms in total. The second-order valence-electron chi connectivity index (χ2n) is 5.26. The highest BCUT2D eigenvalue weighted by Crippen LogP contribution is 2.36. The number of hydrogen-bond acceptors (Lipinski definition) is 4. The third-order valence-electron chi connectivity index (χ3n) is 3.50. The monoisotopic (exact) mass is 405 g/mol. The molecule has 0 aliphatic heterocycles. The Labute approximate surface area is 155 Å². The summed E-state index contributed by atoms with van der Waals surface area (Å²) in [5.74, 6) is 1.54. The van der Waals surface area contributed by atoms with Gasteiger partial charge in [0.1, 0.15) is 5.75 Å². The molecule has 1 N–H and O–H groups in total. The summed E-state index contributed by atoms with van der Waals surface area (Å²) in [5.41, 5.74) is 2.46. The van der Waals surface area contributed by atoms with E-state index in [9.17, 15) is 4.79 Å². The van der Waals surface area contributed by atoms with E-state index in [-0.39, 0.29) is 5.91 Å². The van der Waals surface area contributed by atoms with E-state index in [0.29, 0.717) is 22.9 Å². The Morgan fingerprint density at radius 1 is 1.04 bits per heavy atom. The number of anilines is 1. The second-order valence-corrected chi connectivity index (χ2v) is 6.12. The molecular weight excluding hydrogens is 386 g/mol. The summed E-state index contributed by atoms with van der Waals surface area (Å²) in [6, 6.07) is 9.24. The first-order valence-electron chi connectivity index (χ1n) is 7.53. The molecule has 0 aromatic heterocycles. The van der Waals surface area contributed by atoms with Gasteiger partial charge in [-0.2, -0.15) is 0 Å². The molecule has 2 rings (SSSR count). The molecule has 0 unspecified atom stereocenters. The molecule has 1 amide bonds. The zero-order valence-corrected chi connectivity index (χ0v) is 16.1. The normalized spacial score (nSPS) is 10.6. The number of aryl methyl sites for hydroxylation is 1. The molecule has 0 radical (unpaired) electrons. The van der Waals surface area contributed by atoms with Crippen molar-refractivity contribution in [3.8, 4) is 17.2 Å². The number of benzene rings is 2. The molecule has 0 aliphatic carbocycles. The van der Waals surface area contributed by atoms with Crippen LogP contribution in [0, 0.1) is 6.92 Å². The van der Waals surface area contributed by atoms with Gasteiger partial charge in [0.25, 0.3) is 0 Å². The van der Waals surface area contributed by atoms with Gasteiger partial charge >= 0.3 is 0 Å². The number of halogens is 1. The van der Waals surface area contributed by atoms with Crippen molar-refractivity contribution >= 4 is 33.6 Å². The number of nitrogens with one attached hydrogen (secondary N) is 1. The Balaban J connectivity index is 2.18. The van der Waals surface area contributed by atoms with Crippen LogP contribution < -0.4 is 19.5 Å². The predicted molar refractivity (Wildman–Crippen MR) is 103 cm³/mol. The maximum atomic E-state index is 12.2. The lowest BCUT2D eigenvalue weighted by atomic mass is 10.1. The van der Waals surface area contributed by atoms with Crippen molar-refractivity contribution in [3.05, 3.63) is 52.0 Å². The zero-order chi connectivity index (χ0) is 18.4. The van der Waals surface area contributed by atoms with Gasteiger partial charge in [-0.3, -0.25) is 4.79 Å². The highest BCUT2D eigenvalue weighted by atomic mass is 79.9. The number of rotatable bonds is 6. The third kappa shape index (κ3) is 4.76. The fourth-order valence-corrected chi connectivity index (χ4v) is 2.92. The van der Waals surface area contributed by atoms with Crippen LogP contribution in [0.25, 0.3) is 6.08 Å². The van der Waals surface area contributed by atoms with Gasteiger partial charge in [-0.15, -0.1) is 0 Å². The number of ether oxygens (including phenoxy) is 3. The van der Waals surface area contributed by atoms with E-state index < -0.39 is 0 Å². The van der Waals surface area contributed by atoms with Gasteiger partial charge in [0.2, 0.25) is 5.91 Å². The number of hydrogen-bond donors (Lipinski definition) is 1. The topological polar surface area (TPSA) is 56.8 Å². The van der Waals surface area contributed by atoms with Crippen molar-refractivity contribution < 1.29 is 19.0 Å². The minimum Gasteiger partial charge on any atom is -0.495 e. The van der Waals surface area contributed by atoms with Gasteiger partial charge in [-0.05, 0) is 64.3 Å². The quantitative estimate of drug-likeness (QED) is 0.721. The van der Waals surface area contributed by atoms with Crippen LogP contribution in [-0.2, 0) is 4.79 Å². The predicted octanol–water partition coefficient (Wildman–Crippen LogP) is 4.44. The minimum absolute atomic E-state index is 0.255. The lowest BCUT2D eigenvalue weighted by molar-refractivity contribution is -0.111. The summed E-state index contributed by atoms with van der Waals surface area (Å²) in [5, 5.41) is 2.82. The molecule has 0 saturated carbocycles. The smallest absolute Gasteiger partial charge is 0.248 e. The Bertz CT molecular complexity index is 802. The van der Waals surface area contributed by atoms with Gasteiger partial charge in [0, 0.05) is 6.08 Å². The Morgan fingerprint density at radius 2 is 1.76 bits per heavy atom. The van der Waals surface area contributed by atoms with Crippen molar-refractivity contribution in [1.29, 1.82) is 0 Å². The molecule has 2 aromatic carbocycles. The van der Waals surface area contributed by atoms with Crippen LogP contribution in [0.4, 0.5) is 5.69 Å². The Hall–Kier alpha value is -2.47. The van der Waals surface area contributed by atoms with Crippen LogP contribution in [-0.4, -0.2) is 27.2 Å². The van der Waals surface area contributed by atoms with Crippen molar-refractivity contribution in [3.63, 3.8) is 0 Å². The zero-order valence-electron chi connectivity index (χ0n) is 14.6. The highest BCUT2D eigenvalue weighted by Gasteiger charge is 2.10. The maximum absolute atomic E-state index is 12.2. The molecule has 0 spiro atoms. The largest absolute Gasteiger partial charge is 0.495 e. The van der Waals surface area contributed by atoms with Crippen molar-refractivity contribution in [1.82, 2.24) is 0 Å². The molecule has 0 atom stereocenters. The third-order valence-corrected chi connectivity index (χ3v) is 4.08. The van der Waals surface area contributed by atoms with Crippen LogP contribution in [0.1, 0.15) is 11.1 Å². The van der Waals surface area contributed by atoms with Gasteiger partial charge < -0.3 is 19.5 Å². The van der Waals surface area contributed by atoms with Crippen molar-refractivity contribution in [2.75, 3.05) is 26.6 Å². The lowest BCUT2D eigenvalue weighted by Gasteiger charge is -2.11. The molecule has 25 heavy (non-hydrogen) atoms. The lowest BCUT2D eigenvalue weighted by Crippen LogP contribution is -2.09. The van der Waals surface area contributed by atoms with E-state index in [4.69, 9.17) is 14.2 Å². The molecule has 6 heteroatoms. The number of carbonyl (C=O) groups is 1. The molecule has 0 heterocycles. The average Bonchev–Trinajstić information content (AvgIpc) is 2.59. The Kier molecular flexibility index (Phi) is 6.47. The molecular formula is C19H20BrNO4. The summed E-state index contributed by atoms with van der Waals surface area (Å²) in [4.78, 5) is 12.2. The van der Waals surface area contributed by atoms with Crippen LogP contribution in [0.15, 0.2) is 40.9 Å². The SMILES string of the molecule is COc1ccc(C)cc1NC(=O)C=Cc1cc(Br)c(OC)c(OC)c1. The maximum Gasteiger partial charge on any atom is 0.248 e. The fourth-order valence-electron chi connectivity index (χ4n) is 2.30. The molecule has 0 aliphatic rings. The van der Waals surface area contributed by atoms with Crippen molar-refractivity contribution in [2.24, 2.45) is 0 Å². The first-order valence-corrected chi connectivity index (χ1v) is 8.33. The molecule has 0 fully saturated rings. The van der Waals surface area contributed by atoms with Gasteiger partial charge in [-0.25, -0.2) is 0 Å². The molecule has 2 aromatic rings. The number of methoxy groups -OCH3 is 3. The van der Waals surface area contributed by atoms with Gasteiger partial charge in [0.15, 0.2) is 11.5 Å². The van der Waals surface area contributed by atoms with E-state index in [1.807, 2.05) is 31.2 Å². The standard InChI is InChI=1S/C19H20BrNO4/c1-12-5-7-16(23-2)15(9-12)21-18(22)8-6-13-10-14(20)19(25-4)17(11-13)24-3/h5-11H,1-4H3,(H,21,22). The summed E-state index contributed by atoms with van der Waals surface area (Å²) in [6.07, 6.45) is 3.15. The Morgan fingerprint density at radius 3 is 2.40 bits per heavy atom. The number of carbonyl (C=O) groups excluding carboxylic acids is 1. The van der Waals surface area contributed by atoms with E-state index in [2.05, 4.69) is 21.2 Å². The summed E-state index contributed by atoms with van der Waals surface area (Å²) in [7, 11) is 4.70. The van der Waals surface area contributed by atoms with E-state index in [0.717, 1.165) is 15.6 Å². The fraction of sp³-hybridized carbons (Fsp3) is 0.211. The van der Waals surface area contributed by atoms with Crippen LogP contribution in [0.5, 0.6) is 17.2 Å². The van der Waals surface area contributed by atoms with Crippen LogP contribution in [0.2, 0.25) is 0 Å². The molecule has 0 bridgehead atoms.